The molecule has 0 amide bonds. The Hall–Kier alpha value is -2.41. The summed E-state index contributed by atoms with van der Waals surface area (Å²) in [4.78, 5) is 0. The number of hydrogen-bond acceptors (Lipinski definition) is 1. The average Bonchev–Trinajstić information content (AvgIpc) is 2.77. The minimum absolute atomic E-state index is 0. The van der Waals surface area contributed by atoms with E-state index in [-0.39, 0.29) is 17.0 Å². The van der Waals surface area contributed by atoms with E-state index in [0.717, 1.165) is 0 Å². The molecule has 0 aromatic heterocycles. The van der Waals surface area contributed by atoms with Crippen molar-refractivity contribution < 1.29 is 17.0 Å². The van der Waals surface area contributed by atoms with Crippen LogP contribution < -0.4 is 37.6 Å². The van der Waals surface area contributed by atoms with E-state index in [1.807, 2.05) is 0 Å². The van der Waals surface area contributed by atoms with Crippen LogP contribution in [0.1, 0.15) is 0 Å². The number of anilines is 1. The van der Waals surface area contributed by atoms with Gasteiger partial charge in [0.15, 0.2) is 0 Å². The van der Waals surface area contributed by atoms with Crippen LogP contribution in [0.2, 0.25) is 0 Å². The van der Waals surface area contributed by atoms with Crippen molar-refractivity contribution in [2.75, 3.05) is 11.7 Å². The van der Waals surface area contributed by atoms with E-state index in [9.17, 15) is 0 Å². The van der Waals surface area contributed by atoms with Gasteiger partial charge in [0.1, 0.15) is 15.9 Å². The summed E-state index contributed by atoms with van der Waals surface area (Å²) in [6.07, 6.45) is 0. The molecule has 0 heterocycles. The van der Waals surface area contributed by atoms with Gasteiger partial charge in [-0.1, -0.05) is 72.8 Å². The molecular weight excluding hydrogens is 425 g/mol. The molecule has 0 aliphatic carbocycles. The number of rotatable bonds is 5. The molecule has 0 aliphatic rings. The number of halogens is 1. The van der Waals surface area contributed by atoms with Gasteiger partial charge in [-0.15, -0.1) is 0 Å². The van der Waals surface area contributed by atoms with Crippen molar-refractivity contribution in [2.45, 2.75) is 0 Å². The lowest BCUT2D eigenvalue weighted by molar-refractivity contribution is -0.00000518. The van der Waals surface area contributed by atoms with Crippen LogP contribution in [0.15, 0.2) is 121 Å². The highest BCUT2D eigenvalue weighted by Gasteiger charge is 2.50. The fourth-order valence-electron chi connectivity index (χ4n) is 3.71. The SMILES string of the molecule is CN(c1ccccc1)[P+](c1ccccc1)(c1ccccc1)c1ccccc1.[Br-]. The van der Waals surface area contributed by atoms with Gasteiger partial charge in [0.2, 0.25) is 7.41 Å². The van der Waals surface area contributed by atoms with Gasteiger partial charge in [0, 0.05) is 7.05 Å². The molecule has 0 fully saturated rings. The third kappa shape index (κ3) is 3.63. The van der Waals surface area contributed by atoms with E-state index < -0.39 is 7.41 Å². The fraction of sp³-hybridized carbons (Fsp3) is 0.0400. The van der Waals surface area contributed by atoms with Gasteiger partial charge in [-0.3, -0.25) is 0 Å². The monoisotopic (exact) mass is 447 g/mol. The Morgan fingerprint density at radius 2 is 0.750 bits per heavy atom. The Morgan fingerprint density at radius 3 is 1.07 bits per heavy atom. The standard InChI is InChI=1S/C25H23NP.BrH/c1-26(22-14-6-2-7-15-22)27(23-16-8-3-9-17-23,24-18-10-4-11-19-24)25-20-12-5-13-21-25;/h2-21H,1H3;1H/q+1;/p-1. The van der Waals surface area contributed by atoms with Crippen LogP contribution in [0.5, 0.6) is 0 Å². The number of nitrogens with zero attached hydrogens (tertiary/aromatic N) is 1. The summed E-state index contributed by atoms with van der Waals surface area (Å²) in [6, 6.07) is 43.5. The molecule has 0 atom stereocenters. The molecule has 4 rings (SSSR count). The van der Waals surface area contributed by atoms with Crippen LogP contribution in [-0.2, 0) is 0 Å². The molecule has 0 bridgehead atoms. The van der Waals surface area contributed by atoms with Gasteiger partial charge in [0.25, 0.3) is 0 Å². The van der Waals surface area contributed by atoms with Crippen molar-refractivity contribution in [3.05, 3.63) is 121 Å². The second-order valence-corrected chi connectivity index (χ2v) is 9.92. The lowest BCUT2D eigenvalue weighted by Gasteiger charge is -2.35. The molecule has 0 unspecified atom stereocenters. The molecule has 3 heteroatoms. The van der Waals surface area contributed by atoms with E-state index in [4.69, 9.17) is 0 Å². The summed E-state index contributed by atoms with van der Waals surface area (Å²) in [5.74, 6) is 0. The molecule has 0 saturated heterocycles. The molecule has 0 spiro atoms. The molecule has 4 aromatic rings. The molecule has 0 aliphatic heterocycles. The molecule has 28 heavy (non-hydrogen) atoms. The molecule has 0 saturated carbocycles. The zero-order chi connectivity index (χ0) is 18.5. The van der Waals surface area contributed by atoms with Crippen molar-refractivity contribution >= 4 is 29.0 Å². The highest BCUT2D eigenvalue weighted by Crippen LogP contribution is 2.59. The molecular formula is C25H23BrNP. The van der Waals surface area contributed by atoms with Crippen LogP contribution in [-0.4, -0.2) is 7.05 Å². The van der Waals surface area contributed by atoms with E-state index in [0.29, 0.717) is 0 Å². The number of hydrogen-bond donors (Lipinski definition) is 0. The van der Waals surface area contributed by atoms with Crippen molar-refractivity contribution in [1.29, 1.82) is 0 Å². The number of benzene rings is 4. The maximum Gasteiger partial charge on any atom is 0.202 e. The van der Waals surface area contributed by atoms with Gasteiger partial charge in [0.05, 0.1) is 5.69 Å². The second-order valence-electron chi connectivity index (χ2n) is 6.50. The fourth-order valence-corrected chi connectivity index (χ4v) is 7.94. The molecule has 0 radical (unpaired) electrons. The minimum atomic E-state index is -2.03. The first-order valence-electron chi connectivity index (χ1n) is 9.18. The molecule has 1 nitrogen and oxygen atoms in total. The summed E-state index contributed by atoms with van der Waals surface area (Å²) in [5, 5.41) is 4.07. The van der Waals surface area contributed by atoms with E-state index in [2.05, 4.69) is 133 Å². The summed E-state index contributed by atoms with van der Waals surface area (Å²) in [5.41, 5.74) is 1.22. The third-order valence-corrected chi connectivity index (χ3v) is 9.24. The van der Waals surface area contributed by atoms with Crippen LogP contribution in [0.25, 0.3) is 0 Å². The summed E-state index contributed by atoms with van der Waals surface area (Å²) >= 11 is 0. The quantitative estimate of drug-likeness (QED) is 0.423. The first-order chi connectivity index (χ1) is 13.3. The highest BCUT2D eigenvalue weighted by atomic mass is 79.9. The third-order valence-electron chi connectivity index (χ3n) is 4.97. The predicted octanol–water partition coefficient (Wildman–Crippen LogP) is 2.04. The normalized spacial score (nSPS) is 10.8. The average molecular weight is 448 g/mol. The zero-order valence-corrected chi connectivity index (χ0v) is 18.3. The predicted molar refractivity (Wildman–Crippen MR) is 120 cm³/mol. The first-order valence-corrected chi connectivity index (χ1v) is 10.9. The van der Waals surface area contributed by atoms with Crippen molar-refractivity contribution in [1.82, 2.24) is 0 Å². The summed E-state index contributed by atoms with van der Waals surface area (Å²) < 4.78 is 2.49. The smallest absolute Gasteiger partial charge is 0.202 e. The topological polar surface area (TPSA) is 3.24 Å². The van der Waals surface area contributed by atoms with Gasteiger partial charge in [-0.25, -0.2) is 4.67 Å². The Morgan fingerprint density at radius 1 is 0.464 bits per heavy atom. The first kappa shape index (κ1) is 20.3. The van der Waals surface area contributed by atoms with Gasteiger partial charge >= 0.3 is 0 Å². The largest absolute Gasteiger partial charge is 1.00 e. The Balaban J connectivity index is 0.00000225. The highest BCUT2D eigenvalue weighted by molar-refractivity contribution is 7.96. The zero-order valence-electron chi connectivity index (χ0n) is 15.8. The Bertz CT molecular complexity index is 879. The van der Waals surface area contributed by atoms with Crippen LogP contribution in [0.3, 0.4) is 0 Å². The van der Waals surface area contributed by atoms with Gasteiger partial charge < -0.3 is 17.0 Å². The van der Waals surface area contributed by atoms with Gasteiger partial charge in [-0.2, -0.15) is 0 Å². The lowest BCUT2D eigenvalue weighted by Crippen LogP contribution is -3.00. The summed E-state index contributed by atoms with van der Waals surface area (Å²) in [7, 11) is 0.199. The van der Waals surface area contributed by atoms with Crippen LogP contribution in [0, 0.1) is 0 Å². The van der Waals surface area contributed by atoms with E-state index >= 15 is 0 Å². The molecule has 0 N–H and O–H groups in total. The minimum Gasteiger partial charge on any atom is -1.00 e. The van der Waals surface area contributed by atoms with E-state index in [1.165, 1.54) is 21.6 Å². The molecule has 140 valence electrons. The summed E-state index contributed by atoms with van der Waals surface area (Å²) in [6.45, 7) is 0. The second kappa shape index (κ2) is 9.19. The Kier molecular flexibility index (Phi) is 6.67. The maximum atomic E-state index is 2.49. The lowest BCUT2D eigenvalue weighted by atomic mass is 10.3. The number of para-hydroxylation sites is 1. The van der Waals surface area contributed by atoms with Crippen LogP contribution >= 0.6 is 7.41 Å². The molecule has 4 aromatic carbocycles. The van der Waals surface area contributed by atoms with Crippen molar-refractivity contribution in [3.63, 3.8) is 0 Å². The Labute approximate surface area is 178 Å². The van der Waals surface area contributed by atoms with Gasteiger partial charge in [-0.05, 0) is 48.5 Å². The van der Waals surface area contributed by atoms with E-state index in [1.54, 1.807) is 0 Å². The van der Waals surface area contributed by atoms with Crippen LogP contribution in [0.4, 0.5) is 5.69 Å². The maximum absolute atomic E-state index is 2.49. The van der Waals surface area contributed by atoms with Crippen molar-refractivity contribution in [3.8, 4) is 0 Å². The van der Waals surface area contributed by atoms with Crippen molar-refractivity contribution in [2.24, 2.45) is 0 Å².